The third kappa shape index (κ3) is 4.80. The van der Waals surface area contributed by atoms with Gasteiger partial charge in [-0.05, 0) is 44.7 Å². The Kier molecular flexibility index (Phi) is 6.22. The second-order valence-corrected chi connectivity index (χ2v) is 7.93. The number of hydrogen-bond acceptors (Lipinski definition) is 4. The number of nitrogens with zero attached hydrogens (tertiary/aromatic N) is 2. The lowest BCUT2D eigenvalue weighted by Crippen LogP contribution is -2.44. The van der Waals surface area contributed by atoms with Gasteiger partial charge in [-0.15, -0.1) is 11.8 Å². The normalized spacial score (nSPS) is 15.1. The third-order valence-electron chi connectivity index (χ3n) is 4.71. The minimum atomic E-state index is 0.0385. The summed E-state index contributed by atoms with van der Waals surface area (Å²) in [5.41, 5.74) is 4.49. The lowest BCUT2D eigenvalue weighted by molar-refractivity contribution is -0.113. The minimum absolute atomic E-state index is 0.0385. The van der Waals surface area contributed by atoms with Crippen LogP contribution >= 0.6 is 11.8 Å². The Hall–Kier alpha value is -1.98. The van der Waals surface area contributed by atoms with Gasteiger partial charge in [0.2, 0.25) is 5.91 Å². The SMILES string of the molecule is Cc1ccc(SCC(=O)Nc2ccccc2N2CCN(C)CC2)c(C)c1. The maximum absolute atomic E-state index is 12.5. The number of anilines is 2. The molecule has 0 spiro atoms. The van der Waals surface area contributed by atoms with Crippen molar-refractivity contribution >= 4 is 29.0 Å². The molecule has 138 valence electrons. The van der Waals surface area contributed by atoms with Crippen molar-refractivity contribution in [1.82, 2.24) is 4.90 Å². The number of amides is 1. The fourth-order valence-corrected chi connectivity index (χ4v) is 4.00. The zero-order valence-electron chi connectivity index (χ0n) is 15.8. The van der Waals surface area contributed by atoms with Gasteiger partial charge in [0.25, 0.3) is 0 Å². The number of likely N-dealkylation sites (N-methyl/N-ethyl adjacent to an activating group) is 1. The van der Waals surface area contributed by atoms with E-state index in [-0.39, 0.29) is 5.91 Å². The van der Waals surface area contributed by atoms with Crippen LogP contribution in [-0.4, -0.2) is 49.8 Å². The molecular formula is C21H27N3OS. The van der Waals surface area contributed by atoms with Crippen LogP contribution < -0.4 is 10.2 Å². The molecule has 2 aromatic rings. The Morgan fingerprint density at radius 2 is 1.81 bits per heavy atom. The molecule has 0 radical (unpaired) electrons. The minimum Gasteiger partial charge on any atom is -0.367 e. The first-order valence-electron chi connectivity index (χ1n) is 9.05. The second kappa shape index (κ2) is 8.60. The molecule has 26 heavy (non-hydrogen) atoms. The van der Waals surface area contributed by atoms with E-state index in [4.69, 9.17) is 0 Å². The van der Waals surface area contributed by atoms with Crippen LogP contribution in [0, 0.1) is 13.8 Å². The number of carbonyl (C=O) groups excluding carboxylic acids is 1. The van der Waals surface area contributed by atoms with Crippen molar-refractivity contribution in [3.8, 4) is 0 Å². The molecule has 1 aliphatic heterocycles. The summed E-state index contributed by atoms with van der Waals surface area (Å²) in [5, 5.41) is 3.11. The smallest absolute Gasteiger partial charge is 0.234 e. The lowest BCUT2D eigenvalue weighted by atomic mass is 10.2. The number of hydrogen-bond donors (Lipinski definition) is 1. The van der Waals surface area contributed by atoms with Crippen molar-refractivity contribution in [2.24, 2.45) is 0 Å². The van der Waals surface area contributed by atoms with Crippen molar-refractivity contribution in [2.75, 3.05) is 49.2 Å². The van der Waals surface area contributed by atoms with Gasteiger partial charge in [0, 0.05) is 31.1 Å². The highest BCUT2D eigenvalue weighted by Crippen LogP contribution is 2.28. The zero-order valence-corrected chi connectivity index (χ0v) is 16.6. The molecule has 0 saturated carbocycles. The summed E-state index contributed by atoms with van der Waals surface area (Å²) in [6, 6.07) is 14.4. The largest absolute Gasteiger partial charge is 0.367 e. The van der Waals surface area contributed by atoms with Crippen LogP contribution in [0.5, 0.6) is 0 Å². The van der Waals surface area contributed by atoms with Gasteiger partial charge in [-0.3, -0.25) is 4.79 Å². The van der Waals surface area contributed by atoms with E-state index in [0.29, 0.717) is 5.75 Å². The van der Waals surface area contributed by atoms with Gasteiger partial charge in [-0.1, -0.05) is 29.8 Å². The van der Waals surface area contributed by atoms with Gasteiger partial charge in [0.05, 0.1) is 17.1 Å². The van der Waals surface area contributed by atoms with E-state index in [2.05, 4.69) is 60.3 Å². The Labute approximate surface area is 160 Å². The molecule has 1 fully saturated rings. The first-order valence-corrected chi connectivity index (χ1v) is 10.0. The number of thioether (sulfide) groups is 1. The summed E-state index contributed by atoms with van der Waals surface area (Å²) in [6.45, 7) is 8.25. The predicted octanol–water partition coefficient (Wildman–Crippen LogP) is 3.79. The van der Waals surface area contributed by atoms with E-state index in [9.17, 15) is 4.79 Å². The number of para-hydroxylation sites is 2. The summed E-state index contributed by atoms with van der Waals surface area (Å²) in [4.78, 5) is 18.3. The van der Waals surface area contributed by atoms with E-state index in [1.165, 1.54) is 11.1 Å². The number of benzene rings is 2. The van der Waals surface area contributed by atoms with Crippen LogP contribution in [0.15, 0.2) is 47.4 Å². The molecule has 5 heteroatoms. The monoisotopic (exact) mass is 369 g/mol. The van der Waals surface area contributed by atoms with Gasteiger partial charge in [-0.2, -0.15) is 0 Å². The Morgan fingerprint density at radius 3 is 2.54 bits per heavy atom. The van der Waals surface area contributed by atoms with E-state index in [1.807, 2.05) is 18.2 Å². The van der Waals surface area contributed by atoms with Crippen molar-refractivity contribution < 1.29 is 4.79 Å². The van der Waals surface area contributed by atoms with Crippen LogP contribution in [-0.2, 0) is 4.79 Å². The highest BCUT2D eigenvalue weighted by atomic mass is 32.2. The Bertz CT molecular complexity index is 770. The number of aryl methyl sites for hydroxylation is 2. The molecule has 4 nitrogen and oxygen atoms in total. The van der Waals surface area contributed by atoms with Crippen LogP contribution in [0.3, 0.4) is 0 Å². The van der Waals surface area contributed by atoms with E-state index in [0.717, 1.165) is 42.4 Å². The van der Waals surface area contributed by atoms with Gasteiger partial charge < -0.3 is 15.1 Å². The van der Waals surface area contributed by atoms with E-state index < -0.39 is 0 Å². The number of piperazine rings is 1. The lowest BCUT2D eigenvalue weighted by Gasteiger charge is -2.35. The number of nitrogens with one attached hydrogen (secondary N) is 1. The molecule has 0 aromatic heterocycles. The number of rotatable bonds is 5. The van der Waals surface area contributed by atoms with Gasteiger partial charge >= 0.3 is 0 Å². The first kappa shape index (κ1) is 18.8. The first-order chi connectivity index (χ1) is 12.5. The topological polar surface area (TPSA) is 35.6 Å². The zero-order chi connectivity index (χ0) is 18.5. The predicted molar refractivity (Wildman–Crippen MR) is 111 cm³/mol. The molecule has 1 amide bonds. The van der Waals surface area contributed by atoms with Crippen LogP contribution in [0.1, 0.15) is 11.1 Å². The maximum atomic E-state index is 12.5. The molecule has 0 unspecified atom stereocenters. The molecule has 1 heterocycles. The van der Waals surface area contributed by atoms with Gasteiger partial charge in [-0.25, -0.2) is 0 Å². The average Bonchev–Trinajstić information content (AvgIpc) is 2.62. The van der Waals surface area contributed by atoms with Crippen molar-refractivity contribution in [2.45, 2.75) is 18.7 Å². The standard InChI is InChI=1S/C21H27N3OS/c1-16-8-9-20(17(2)14-16)26-15-21(25)22-18-6-4-5-7-19(18)24-12-10-23(3)11-13-24/h4-9,14H,10-13,15H2,1-3H3,(H,22,25). The highest BCUT2D eigenvalue weighted by molar-refractivity contribution is 8.00. The highest BCUT2D eigenvalue weighted by Gasteiger charge is 2.17. The molecular weight excluding hydrogens is 342 g/mol. The van der Waals surface area contributed by atoms with Crippen LogP contribution in [0.4, 0.5) is 11.4 Å². The van der Waals surface area contributed by atoms with E-state index in [1.54, 1.807) is 11.8 Å². The van der Waals surface area contributed by atoms with Crippen molar-refractivity contribution in [3.05, 3.63) is 53.6 Å². The van der Waals surface area contributed by atoms with E-state index >= 15 is 0 Å². The second-order valence-electron chi connectivity index (χ2n) is 6.91. The summed E-state index contributed by atoms with van der Waals surface area (Å²) in [6.07, 6.45) is 0. The molecule has 3 rings (SSSR count). The summed E-state index contributed by atoms with van der Waals surface area (Å²) >= 11 is 1.59. The summed E-state index contributed by atoms with van der Waals surface area (Å²) < 4.78 is 0. The Morgan fingerprint density at radius 1 is 1.08 bits per heavy atom. The molecule has 1 aliphatic rings. The summed E-state index contributed by atoms with van der Waals surface area (Å²) in [7, 11) is 2.15. The molecule has 0 atom stereocenters. The Balaban J connectivity index is 1.62. The fourth-order valence-electron chi connectivity index (χ4n) is 3.19. The van der Waals surface area contributed by atoms with Gasteiger partial charge in [0.15, 0.2) is 0 Å². The molecule has 0 aliphatic carbocycles. The van der Waals surface area contributed by atoms with Crippen molar-refractivity contribution in [1.29, 1.82) is 0 Å². The molecule has 2 aromatic carbocycles. The molecule has 1 saturated heterocycles. The number of carbonyl (C=O) groups is 1. The van der Waals surface area contributed by atoms with Gasteiger partial charge in [0.1, 0.15) is 0 Å². The van der Waals surface area contributed by atoms with Crippen molar-refractivity contribution in [3.63, 3.8) is 0 Å². The molecule has 1 N–H and O–H groups in total. The third-order valence-corrected chi connectivity index (χ3v) is 5.89. The molecule has 0 bridgehead atoms. The average molecular weight is 370 g/mol. The summed E-state index contributed by atoms with van der Waals surface area (Å²) in [5.74, 6) is 0.456. The maximum Gasteiger partial charge on any atom is 0.234 e. The van der Waals surface area contributed by atoms with Crippen LogP contribution in [0.25, 0.3) is 0 Å². The van der Waals surface area contributed by atoms with Crippen LogP contribution in [0.2, 0.25) is 0 Å². The fraction of sp³-hybridized carbons (Fsp3) is 0.381. The quantitative estimate of drug-likeness (QED) is 0.814.